The van der Waals surface area contributed by atoms with Crippen LogP contribution in [-0.4, -0.2) is 168 Å². The summed E-state index contributed by atoms with van der Waals surface area (Å²) in [7, 11) is 0. The van der Waals surface area contributed by atoms with Crippen molar-refractivity contribution < 1.29 is 62.5 Å². The maximum absolute atomic E-state index is 11.9. The number of benzene rings is 5. The van der Waals surface area contributed by atoms with E-state index in [9.17, 15) is 53.1 Å². The number of aliphatic hydroxyl groups is 1. The molecule has 13 amide bonds. The Hall–Kier alpha value is -12.0. The van der Waals surface area contributed by atoms with Crippen LogP contribution in [0.25, 0.3) is 11.0 Å². The molecule has 2 aliphatic heterocycles. The molecule has 0 radical (unpaired) electrons. The second-order valence-electron chi connectivity index (χ2n) is 23.3. The number of nitrogens with two attached hydrogens (primary N) is 2. The number of pyridine rings is 1. The summed E-state index contributed by atoms with van der Waals surface area (Å²) >= 11 is 0. The number of ether oxygens (including phenoxy) is 2. The fourth-order valence-corrected chi connectivity index (χ4v) is 9.31. The number of β-amino-alcohol motifs (C(OH)–C–C–N with tert-alkyl or cyclic N) is 1. The molecule has 2 saturated heterocycles. The average molecular weight is 1420 g/mol. The van der Waals surface area contributed by atoms with Gasteiger partial charge in [0.2, 0.25) is 17.7 Å². The van der Waals surface area contributed by atoms with Crippen LogP contribution >= 0.6 is 0 Å². The van der Waals surface area contributed by atoms with E-state index in [0.29, 0.717) is 76.4 Å². The van der Waals surface area contributed by atoms with Gasteiger partial charge in [0.1, 0.15) is 24.7 Å². The molecule has 2 aromatic heterocycles. The van der Waals surface area contributed by atoms with Crippen LogP contribution in [0.4, 0.5) is 35.5 Å². The predicted molar refractivity (Wildman–Crippen MR) is 388 cm³/mol. The number of aliphatic hydroxyl groups excluding tert-OH is 1. The van der Waals surface area contributed by atoms with Gasteiger partial charge in [-0.25, -0.2) is 33.9 Å². The summed E-state index contributed by atoms with van der Waals surface area (Å²) in [5.41, 5.74) is 20.6. The number of nitrogens with one attached hydrogen (secondary N) is 12. The number of aromatic amines is 1. The molecule has 17 N–H and O–H groups in total. The fraction of sp³-hybridized carbons (Fsp3) is 0.361. The van der Waals surface area contributed by atoms with E-state index in [2.05, 4.69) is 78.2 Å². The SMILES string of the molecule is CCOC(=O)CNC(=O)NCc1ccc(N)nc1.CCOC(=O)CNC(=O)NCc1nc2ccccc2[nH]1.Cc1ccc(CNC(=O)NCC(=O)N2CCCC(O)C2)cc1.Cc1ccc(CNC(=O)NCC(=O)NCc2ccccc2)cc1.Nc1ccc(CNC(=O)NCC(=O)N2CCCC2)cc1. The van der Waals surface area contributed by atoms with Crippen molar-refractivity contribution in [3.05, 3.63) is 190 Å². The molecule has 1 unspecified atom stereocenters. The van der Waals surface area contributed by atoms with Crippen molar-refractivity contribution in [2.75, 3.05) is 83.6 Å². The molecule has 1 atom stereocenters. The third kappa shape index (κ3) is 35.0. The Kier molecular flexibility index (Phi) is 36.7. The van der Waals surface area contributed by atoms with Gasteiger partial charge in [-0.2, -0.15) is 0 Å². The number of urea groups is 5. The van der Waals surface area contributed by atoms with E-state index in [1.807, 2.05) is 129 Å². The Labute approximate surface area is 598 Å². The number of aromatic nitrogens is 3. The predicted octanol–water partition coefficient (Wildman–Crippen LogP) is 4.53. The maximum atomic E-state index is 11.9. The van der Waals surface area contributed by atoms with Crippen LogP contribution < -0.4 is 70.0 Å². The van der Waals surface area contributed by atoms with Crippen LogP contribution in [0, 0.1) is 13.8 Å². The highest BCUT2D eigenvalue weighted by Crippen LogP contribution is 2.12. The lowest BCUT2D eigenvalue weighted by Gasteiger charge is -2.30. The first-order chi connectivity index (χ1) is 49.6. The number of rotatable bonds is 24. The molecule has 0 bridgehead atoms. The second-order valence-corrected chi connectivity index (χ2v) is 23.3. The highest BCUT2D eigenvalue weighted by Gasteiger charge is 2.23. The summed E-state index contributed by atoms with van der Waals surface area (Å²) < 4.78 is 9.36. The molecule has 5 aromatic carbocycles. The molecule has 0 aliphatic carbocycles. The number of carbonyl (C=O) groups is 10. The van der Waals surface area contributed by atoms with Crippen LogP contribution in [0.3, 0.4) is 0 Å². The number of nitrogen functional groups attached to an aromatic ring is 2. The van der Waals surface area contributed by atoms with Crippen LogP contribution in [0.5, 0.6) is 0 Å². The number of likely N-dealkylation sites (tertiary alicyclic amines) is 2. The summed E-state index contributed by atoms with van der Waals surface area (Å²) in [6, 6.07) is 41.7. The van der Waals surface area contributed by atoms with Crippen molar-refractivity contribution in [2.45, 2.75) is 98.8 Å². The highest BCUT2D eigenvalue weighted by atomic mass is 16.5. The number of carbonyl (C=O) groups excluding carboxylic acids is 10. The van der Waals surface area contributed by atoms with E-state index in [1.54, 1.807) is 54.1 Å². The van der Waals surface area contributed by atoms with Crippen molar-refractivity contribution in [3.63, 3.8) is 0 Å². The molecule has 7 aromatic rings. The number of anilines is 2. The Morgan fingerprint density at radius 1 is 0.466 bits per heavy atom. The van der Waals surface area contributed by atoms with Gasteiger partial charge in [-0.1, -0.05) is 120 Å². The van der Waals surface area contributed by atoms with E-state index < -0.39 is 30.1 Å². The Balaban J connectivity index is 0.000000232. The van der Waals surface area contributed by atoms with Crippen molar-refractivity contribution in [1.82, 2.24) is 83.2 Å². The van der Waals surface area contributed by atoms with Crippen molar-refractivity contribution >= 4 is 82.4 Å². The molecule has 31 nitrogen and oxygen atoms in total. The van der Waals surface area contributed by atoms with Crippen molar-refractivity contribution in [2.24, 2.45) is 0 Å². The first kappa shape index (κ1) is 81.7. The summed E-state index contributed by atoms with van der Waals surface area (Å²) in [4.78, 5) is 130. The lowest BCUT2D eigenvalue weighted by atomic mass is 10.1. The summed E-state index contributed by atoms with van der Waals surface area (Å²) in [6.45, 7) is 12.5. The number of H-pyrrole nitrogens is 1. The van der Waals surface area contributed by atoms with Gasteiger partial charge in [0.25, 0.3) is 0 Å². The lowest BCUT2D eigenvalue weighted by molar-refractivity contribution is -0.142. The number of imidazole rings is 1. The Morgan fingerprint density at radius 2 is 0.883 bits per heavy atom. The topological polar surface area (TPSA) is 442 Å². The fourth-order valence-electron chi connectivity index (χ4n) is 9.31. The number of para-hydroxylation sites is 2. The van der Waals surface area contributed by atoms with Gasteiger partial charge in [-0.3, -0.25) is 24.0 Å². The summed E-state index contributed by atoms with van der Waals surface area (Å²) in [5.74, 6) is -0.273. The van der Waals surface area contributed by atoms with E-state index in [4.69, 9.17) is 16.2 Å². The quantitative estimate of drug-likeness (QED) is 0.0292. The van der Waals surface area contributed by atoms with Gasteiger partial charge in [0, 0.05) is 70.8 Å². The van der Waals surface area contributed by atoms with E-state index >= 15 is 0 Å². The minimum absolute atomic E-state index is 0.0230. The molecule has 0 saturated carbocycles. The molecular weight excluding hydrogens is 1320 g/mol. The molecule has 9 rings (SSSR count). The first-order valence-electron chi connectivity index (χ1n) is 33.7. The molecule has 103 heavy (non-hydrogen) atoms. The number of hydrogen-bond acceptors (Lipinski definition) is 17. The van der Waals surface area contributed by atoms with Crippen LogP contribution in [0.15, 0.2) is 146 Å². The average Bonchev–Trinajstić information content (AvgIpc) is 1.55. The number of nitrogens with zero attached hydrogens (tertiary/aromatic N) is 4. The van der Waals surface area contributed by atoms with Crippen LogP contribution in [0.1, 0.15) is 84.3 Å². The Morgan fingerprint density at radius 3 is 1.37 bits per heavy atom. The number of piperidine rings is 1. The zero-order chi connectivity index (χ0) is 74.6. The normalized spacial score (nSPS) is 12.5. The Bertz CT molecular complexity index is 3730. The highest BCUT2D eigenvalue weighted by molar-refractivity contribution is 5.86. The van der Waals surface area contributed by atoms with Gasteiger partial charge < -0.3 is 99.3 Å². The number of hydrogen-bond donors (Lipinski definition) is 15. The van der Waals surface area contributed by atoms with Crippen LogP contribution in [-0.2, 0) is 72.7 Å². The summed E-state index contributed by atoms with van der Waals surface area (Å²) in [5, 5.41) is 38.1. The summed E-state index contributed by atoms with van der Waals surface area (Å²) in [6.07, 6.45) is 4.75. The minimum Gasteiger partial charge on any atom is -0.465 e. The van der Waals surface area contributed by atoms with Crippen LogP contribution in [0.2, 0.25) is 0 Å². The van der Waals surface area contributed by atoms with Crippen molar-refractivity contribution in [3.8, 4) is 0 Å². The number of aryl methyl sites for hydroxylation is 2. The molecule has 0 spiro atoms. The molecule has 4 heterocycles. The molecule has 2 fully saturated rings. The zero-order valence-corrected chi connectivity index (χ0v) is 58.6. The molecule has 552 valence electrons. The van der Waals surface area contributed by atoms with Gasteiger partial charge in [0.15, 0.2) is 0 Å². The van der Waals surface area contributed by atoms with E-state index in [0.717, 1.165) is 77.6 Å². The van der Waals surface area contributed by atoms with E-state index in [-0.39, 0.29) is 75.1 Å². The van der Waals surface area contributed by atoms with Gasteiger partial charge in [-0.05, 0) is 112 Å². The molecule has 31 heteroatoms. The first-order valence-corrected chi connectivity index (χ1v) is 33.7. The van der Waals surface area contributed by atoms with Gasteiger partial charge in [0.05, 0.1) is 56.5 Å². The number of esters is 2. The molecule has 2 aliphatic rings. The minimum atomic E-state index is -0.471. The van der Waals surface area contributed by atoms with Gasteiger partial charge >= 0.3 is 42.1 Å². The number of fused-ring (bicyclic) bond motifs is 1. The number of amides is 13. The monoisotopic (exact) mass is 1420 g/mol. The second kappa shape index (κ2) is 46.3. The van der Waals surface area contributed by atoms with Crippen molar-refractivity contribution in [1.29, 1.82) is 0 Å². The zero-order valence-electron chi connectivity index (χ0n) is 58.6. The smallest absolute Gasteiger partial charge is 0.325 e. The molecular formula is C72H96N18O13. The largest absolute Gasteiger partial charge is 0.465 e. The lowest BCUT2D eigenvalue weighted by Crippen LogP contribution is -2.48. The maximum Gasteiger partial charge on any atom is 0.325 e. The third-order valence-corrected chi connectivity index (χ3v) is 14.9. The van der Waals surface area contributed by atoms with Gasteiger partial charge in [-0.15, -0.1) is 0 Å². The standard InChI is InChI=1S/C18H21N3O2.C16H23N3O3.C14H20N4O2.C13H16N4O3.C11H16N4O3/c1-14-7-9-16(10-8-14)12-20-18(23)21-13-17(22)19-11-15-5-3-2-4-6-15;1-12-4-6-13(7-5-12)9-17-16(22)18-10-15(21)19-8-2-3-14(20)11-19;15-12-5-3-11(4-6-12)9-16-14(20)17-10-13(19)18-7-1-2-8-18;1-2-20-12(18)8-15-13(19)14-7-11-16-9-5-3-4-6-10(9)17-11;1-2-18-10(16)7-15-11(17)14-6-8-3-4-9(12)13-5-8/h2-10H,11-13H2,1H3,(H,19,22)(H2,20,21,23);4-7,14,20H,2-3,8-11H2,1H3,(H2,17,18,22);3-6H,1-2,7-10,15H2,(H2,16,17,20);3-6H,2,7-8H2,1H3,(H,16,17)(H2,14,15,19);3-5H,2,6-7H2,1H3,(H2,12,13)(H2,14,15,17). The van der Waals surface area contributed by atoms with E-state index in [1.165, 1.54) is 11.1 Å². The third-order valence-electron chi connectivity index (χ3n) is 14.9.